The predicted molar refractivity (Wildman–Crippen MR) is 73.3 cm³/mol. The molecule has 4 nitrogen and oxygen atoms in total. The van der Waals surface area contributed by atoms with Gasteiger partial charge in [-0.25, -0.2) is 0 Å². The van der Waals surface area contributed by atoms with Gasteiger partial charge in [-0.05, 0) is 46.1 Å². The zero-order valence-electron chi connectivity index (χ0n) is 12.2. The van der Waals surface area contributed by atoms with Crippen molar-refractivity contribution in [2.75, 3.05) is 14.2 Å². The topological polar surface area (TPSA) is 55.6 Å². The van der Waals surface area contributed by atoms with Crippen molar-refractivity contribution in [2.24, 2.45) is 5.73 Å². The van der Waals surface area contributed by atoms with E-state index in [2.05, 4.69) is 25.8 Å². The summed E-state index contributed by atoms with van der Waals surface area (Å²) in [5.41, 5.74) is 5.43. The lowest BCUT2D eigenvalue weighted by molar-refractivity contribution is -0.149. The van der Waals surface area contributed by atoms with E-state index in [4.69, 9.17) is 10.5 Å². The van der Waals surface area contributed by atoms with Crippen molar-refractivity contribution >= 4 is 5.97 Å². The number of carbonyl (C=O) groups excluding carboxylic acids is 1. The highest BCUT2D eigenvalue weighted by molar-refractivity contribution is 5.80. The van der Waals surface area contributed by atoms with Crippen LogP contribution in [0.3, 0.4) is 0 Å². The minimum Gasteiger partial charge on any atom is -0.468 e. The van der Waals surface area contributed by atoms with Gasteiger partial charge in [0.1, 0.15) is 5.54 Å². The Morgan fingerprint density at radius 1 is 1.61 bits per heavy atom. The first kappa shape index (κ1) is 15.4. The Bertz CT molecular complexity index is 283. The van der Waals surface area contributed by atoms with E-state index >= 15 is 0 Å². The van der Waals surface area contributed by atoms with Gasteiger partial charge >= 0.3 is 5.97 Å². The number of hydrogen-bond acceptors (Lipinski definition) is 4. The van der Waals surface area contributed by atoms with E-state index in [1.807, 2.05) is 0 Å². The molecule has 4 heteroatoms. The maximum Gasteiger partial charge on any atom is 0.325 e. The van der Waals surface area contributed by atoms with E-state index < -0.39 is 5.54 Å². The van der Waals surface area contributed by atoms with Crippen molar-refractivity contribution in [3.63, 3.8) is 0 Å². The van der Waals surface area contributed by atoms with Crippen LogP contribution in [-0.4, -0.2) is 42.6 Å². The fraction of sp³-hybridized carbons (Fsp3) is 0.929. The highest BCUT2D eigenvalue weighted by Crippen LogP contribution is 2.31. The molecule has 106 valence electrons. The SMILES string of the molecule is CCCC(C)N(C)C1CCCC(N)(C(=O)OC)C1. The molecule has 1 aliphatic carbocycles. The van der Waals surface area contributed by atoms with Gasteiger partial charge < -0.3 is 15.4 Å². The summed E-state index contributed by atoms with van der Waals surface area (Å²) in [6.45, 7) is 4.45. The van der Waals surface area contributed by atoms with Crippen LogP contribution in [0, 0.1) is 0 Å². The summed E-state index contributed by atoms with van der Waals surface area (Å²) in [5.74, 6) is -0.260. The molecule has 0 aromatic rings. The summed E-state index contributed by atoms with van der Waals surface area (Å²) >= 11 is 0. The zero-order chi connectivity index (χ0) is 13.8. The molecule has 0 spiro atoms. The van der Waals surface area contributed by atoms with Crippen molar-refractivity contribution in [1.82, 2.24) is 4.90 Å². The average Bonchev–Trinajstić information content (AvgIpc) is 2.37. The van der Waals surface area contributed by atoms with Gasteiger partial charge in [-0.2, -0.15) is 0 Å². The number of nitrogens with zero attached hydrogens (tertiary/aromatic N) is 1. The second-order valence-electron chi connectivity index (χ2n) is 5.70. The van der Waals surface area contributed by atoms with Gasteiger partial charge in [0.05, 0.1) is 7.11 Å². The molecule has 0 bridgehead atoms. The van der Waals surface area contributed by atoms with Crippen LogP contribution in [0.15, 0.2) is 0 Å². The van der Waals surface area contributed by atoms with Crippen LogP contribution >= 0.6 is 0 Å². The molecule has 0 aromatic heterocycles. The molecule has 1 saturated carbocycles. The van der Waals surface area contributed by atoms with E-state index in [1.54, 1.807) is 0 Å². The quantitative estimate of drug-likeness (QED) is 0.764. The van der Waals surface area contributed by atoms with Gasteiger partial charge in [-0.15, -0.1) is 0 Å². The Hall–Kier alpha value is -0.610. The molecular formula is C14H28N2O2. The Morgan fingerprint density at radius 3 is 2.83 bits per heavy atom. The van der Waals surface area contributed by atoms with Crippen LogP contribution in [0.5, 0.6) is 0 Å². The summed E-state index contributed by atoms with van der Waals surface area (Å²) in [6.07, 6.45) is 5.95. The zero-order valence-corrected chi connectivity index (χ0v) is 12.2. The Labute approximate surface area is 111 Å². The first-order valence-electron chi connectivity index (χ1n) is 7.04. The van der Waals surface area contributed by atoms with Gasteiger partial charge in [0.2, 0.25) is 0 Å². The van der Waals surface area contributed by atoms with Crippen LogP contribution in [0.2, 0.25) is 0 Å². The van der Waals surface area contributed by atoms with Crippen molar-refractivity contribution in [3.8, 4) is 0 Å². The van der Waals surface area contributed by atoms with Crippen LogP contribution < -0.4 is 5.73 Å². The number of carbonyl (C=O) groups is 1. The maximum atomic E-state index is 11.8. The van der Waals surface area contributed by atoms with Gasteiger partial charge in [0, 0.05) is 12.1 Å². The van der Waals surface area contributed by atoms with E-state index in [1.165, 1.54) is 20.0 Å². The highest BCUT2D eigenvalue weighted by atomic mass is 16.5. The summed E-state index contributed by atoms with van der Waals surface area (Å²) < 4.78 is 4.85. The third-order valence-electron chi connectivity index (χ3n) is 4.33. The maximum absolute atomic E-state index is 11.8. The molecule has 1 fully saturated rings. The molecule has 3 unspecified atom stereocenters. The summed E-state index contributed by atoms with van der Waals surface area (Å²) in [7, 11) is 3.57. The monoisotopic (exact) mass is 256 g/mol. The third-order valence-corrected chi connectivity index (χ3v) is 4.33. The Kier molecular flexibility index (Phi) is 5.60. The van der Waals surface area contributed by atoms with Crippen LogP contribution in [0.25, 0.3) is 0 Å². The lowest BCUT2D eigenvalue weighted by Crippen LogP contribution is -2.56. The molecule has 0 amide bonds. The van der Waals surface area contributed by atoms with Gasteiger partial charge in [-0.1, -0.05) is 13.3 Å². The predicted octanol–water partition coefficient (Wildman–Crippen LogP) is 1.92. The van der Waals surface area contributed by atoms with Crippen molar-refractivity contribution in [3.05, 3.63) is 0 Å². The van der Waals surface area contributed by atoms with E-state index in [-0.39, 0.29) is 5.97 Å². The first-order chi connectivity index (χ1) is 8.44. The summed E-state index contributed by atoms with van der Waals surface area (Å²) in [4.78, 5) is 14.2. The van der Waals surface area contributed by atoms with Crippen molar-refractivity contribution in [2.45, 2.75) is 70.0 Å². The van der Waals surface area contributed by atoms with E-state index in [9.17, 15) is 4.79 Å². The fourth-order valence-electron chi connectivity index (χ4n) is 3.00. The van der Waals surface area contributed by atoms with Crippen LogP contribution in [-0.2, 0) is 9.53 Å². The number of rotatable bonds is 5. The van der Waals surface area contributed by atoms with Crippen LogP contribution in [0.4, 0.5) is 0 Å². The smallest absolute Gasteiger partial charge is 0.325 e. The number of esters is 1. The number of hydrogen-bond donors (Lipinski definition) is 1. The standard InChI is InChI=1S/C14H28N2O2/c1-5-7-11(2)16(3)12-8-6-9-14(15,10-12)13(17)18-4/h11-12H,5-10,15H2,1-4H3. The van der Waals surface area contributed by atoms with Crippen LogP contribution in [0.1, 0.15) is 52.4 Å². The van der Waals surface area contributed by atoms with Crippen molar-refractivity contribution in [1.29, 1.82) is 0 Å². The summed E-state index contributed by atoms with van der Waals surface area (Å²) in [6, 6.07) is 0.935. The second kappa shape index (κ2) is 6.53. The van der Waals surface area contributed by atoms with Gasteiger partial charge in [0.25, 0.3) is 0 Å². The minimum atomic E-state index is -0.780. The lowest BCUT2D eigenvalue weighted by Gasteiger charge is -2.41. The fourth-order valence-corrected chi connectivity index (χ4v) is 3.00. The van der Waals surface area contributed by atoms with Gasteiger partial charge in [0.15, 0.2) is 0 Å². The Balaban J connectivity index is 2.66. The number of ether oxygens (including phenoxy) is 1. The van der Waals surface area contributed by atoms with E-state index in [0.29, 0.717) is 18.5 Å². The molecule has 1 aliphatic rings. The molecule has 2 N–H and O–H groups in total. The molecule has 0 saturated heterocycles. The Morgan fingerprint density at radius 2 is 2.28 bits per heavy atom. The third kappa shape index (κ3) is 3.45. The number of methoxy groups -OCH3 is 1. The summed E-state index contributed by atoms with van der Waals surface area (Å²) in [5, 5.41) is 0. The molecule has 0 aromatic carbocycles. The molecule has 0 heterocycles. The van der Waals surface area contributed by atoms with Crippen molar-refractivity contribution < 1.29 is 9.53 Å². The normalized spacial score (nSPS) is 30.2. The molecule has 1 rings (SSSR count). The molecule has 3 atom stereocenters. The van der Waals surface area contributed by atoms with Gasteiger partial charge in [-0.3, -0.25) is 4.79 Å². The highest BCUT2D eigenvalue weighted by Gasteiger charge is 2.41. The minimum absolute atomic E-state index is 0.260. The molecule has 0 aliphatic heterocycles. The first-order valence-corrected chi connectivity index (χ1v) is 7.04. The molecule has 0 radical (unpaired) electrons. The van der Waals surface area contributed by atoms with E-state index in [0.717, 1.165) is 19.3 Å². The lowest BCUT2D eigenvalue weighted by atomic mass is 9.79. The number of nitrogens with two attached hydrogens (primary N) is 1. The second-order valence-corrected chi connectivity index (χ2v) is 5.70. The average molecular weight is 256 g/mol. The molecule has 18 heavy (non-hydrogen) atoms. The largest absolute Gasteiger partial charge is 0.468 e. The molecular weight excluding hydrogens is 228 g/mol.